The third-order valence-electron chi connectivity index (χ3n) is 2.67. The number of ether oxygens (including phenoxy) is 1. The van der Waals surface area contributed by atoms with E-state index in [2.05, 4.69) is 0 Å². The molecule has 2 rings (SSSR count). The van der Waals surface area contributed by atoms with Crippen LogP contribution < -0.4 is 10.5 Å². The zero-order chi connectivity index (χ0) is 14.0. The Balaban J connectivity index is 2.40. The Labute approximate surface area is 108 Å². The molecule has 19 heavy (non-hydrogen) atoms. The molecule has 0 fully saturated rings. The molecule has 0 bridgehead atoms. The van der Waals surface area contributed by atoms with E-state index in [-0.39, 0.29) is 22.7 Å². The molecule has 0 heterocycles. The Hall–Kier alpha value is -2.17. The average molecular weight is 267 g/mol. The second kappa shape index (κ2) is 5.22. The van der Waals surface area contributed by atoms with Crippen molar-refractivity contribution in [1.29, 1.82) is 0 Å². The highest BCUT2D eigenvalue weighted by atomic mass is 19.3. The van der Waals surface area contributed by atoms with Crippen molar-refractivity contribution < 1.29 is 17.9 Å². The van der Waals surface area contributed by atoms with Crippen LogP contribution in [0.4, 0.5) is 18.9 Å². The standard InChI is InChI=1S/C14H12F3NO/c1-8-6-11(18)9(14(16)17)7-13(8)19-12-5-3-2-4-10(12)15/h2-7,14H,18H2,1H3. The predicted octanol–water partition coefficient (Wildman–Crippen LogP) is 4.45. The van der Waals surface area contributed by atoms with Crippen LogP contribution in [0.2, 0.25) is 0 Å². The third kappa shape index (κ3) is 2.81. The molecule has 0 atom stereocenters. The van der Waals surface area contributed by atoms with Gasteiger partial charge in [0.15, 0.2) is 11.6 Å². The monoisotopic (exact) mass is 267 g/mol. The summed E-state index contributed by atoms with van der Waals surface area (Å²) in [4.78, 5) is 0. The Morgan fingerprint density at radius 2 is 1.79 bits per heavy atom. The fourth-order valence-corrected chi connectivity index (χ4v) is 1.67. The van der Waals surface area contributed by atoms with E-state index in [1.54, 1.807) is 13.0 Å². The predicted molar refractivity (Wildman–Crippen MR) is 67.0 cm³/mol. The maximum atomic E-state index is 13.4. The van der Waals surface area contributed by atoms with Crippen LogP contribution in [0, 0.1) is 12.7 Å². The van der Waals surface area contributed by atoms with Gasteiger partial charge >= 0.3 is 0 Å². The topological polar surface area (TPSA) is 35.2 Å². The summed E-state index contributed by atoms with van der Waals surface area (Å²) in [6, 6.07) is 8.30. The lowest BCUT2D eigenvalue weighted by Crippen LogP contribution is -1.98. The first-order valence-corrected chi connectivity index (χ1v) is 5.59. The van der Waals surface area contributed by atoms with Crippen LogP contribution in [-0.2, 0) is 0 Å². The quantitative estimate of drug-likeness (QED) is 0.834. The number of hydrogen-bond acceptors (Lipinski definition) is 2. The molecule has 5 heteroatoms. The number of anilines is 1. The van der Waals surface area contributed by atoms with Gasteiger partial charge in [0.2, 0.25) is 0 Å². The molecule has 0 saturated heterocycles. The molecule has 2 aromatic rings. The van der Waals surface area contributed by atoms with Crippen LogP contribution in [-0.4, -0.2) is 0 Å². The molecule has 0 amide bonds. The fourth-order valence-electron chi connectivity index (χ4n) is 1.67. The Bertz CT molecular complexity index is 599. The lowest BCUT2D eigenvalue weighted by Gasteiger charge is -2.13. The molecule has 0 aliphatic carbocycles. The maximum absolute atomic E-state index is 13.4. The van der Waals surface area contributed by atoms with E-state index in [1.165, 1.54) is 24.3 Å². The van der Waals surface area contributed by atoms with Gasteiger partial charge in [-0.1, -0.05) is 12.1 Å². The summed E-state index contributed by atoms with van der Waals surface area (Å²) in [6.07, 6.45) is -2.71. The summed E-state index contributed by atoms with van der Waals surface area (Å²) in [5.74, 6) is -0.414. The van der Waals surface area contributed by atoms with Gasteiger partial charge < -0.3 is 10.5 Å². The van der Waals surface area contributed by atoms with E-state index in [1.807, 2.05) is 0 Å². The van der Waals surface area contributed by atoms with E-state index in [4.69, 9.17) is 10.5 Å². The van der Waals surface area contributed by atoms with Crippen molar-refractivity contribution in [3.8, 4) is 11.5 Å². The van der Waals surface area contributed by atoms with Crippen molar-refractivity contribution in [3.05, 3.63) is 53.3 Å². The highest BCUT2D eigenvalue weighted by Gasteiger charge is 2.15. The molecule has 100 valence electrons. The van der Waals surface area contributed by atoms with Crippen LogP contribution in [0.25, 0.3) is 0 Å². The van der Waals surface area contributed by atoms with Crippen molar-refractivity contribution in [3.63, 3.8) is 0 Å². The Morgan fingerprint density at radius 1 is 1.11 bits per heavy atom. The van der Waals surface area contributed by atoms with Crippen LogP contribution in [0.5, 0.6) is 11.5 Å². The largest absolute Gasteiger partial charge is 0.454 e. The van der Waals surface area contributed by atoms with Gasteiger partial charge in [-0.25, -0.2) is 13.2 Å². The molecule has 2 N–H and O–H groups in total. The number of halogens is 3. The van der Waals surface area contributed by atoms with Crippen LogP contribution in [0.15, 0.2) is 36.4 Å². The lowest BCUT2D eigenvalue weighted by atomic mass is 10.1. The van der Waals surface area contributed by atoms with Crippen molar-refractivity contribution in [2.75, 3.05) is 5.73 Å². The summed E-state index contributed by atoms with van der Waals surface area (Å²) < 4.78 is 44.3. The average Bonchev–Trinajstić information content (AvgIpc) is 2.34. The van der Waals surface area contributed by atoms with Crippen LogP contribution >= 0.6 is 0 Å². The van der Waals surface area contributed by atoms with E-state index < -0.39 is 12.2 Å². The molecule has 0 unspecified atom stereocenters. The van der Waals surface area contributed by atoms with E-state index in [9.17, 15) is 13.2 Å². The van der Waals surface area contributed by atoms with Gasteiger partial charge in [-0.15, -0.1) is 0 Å². The summed E-state index contributed by atoms with van der Waals surface area (Å²) in [7, 11) is 0. The normalized spacial score (nSPS) is 10.8. The first-order chi connectivity index (χ1) is 8.99. The van der Waals surface area contributed by atoms with Crippen molar-refractivity contribution in [2.24, 2.45) is 0 Å². The SMILES string of the molecule is Cc1cc(N)c(C(F)F)cc1Oc1ccccc1F. The smallest absolute Gasteiger partial charge is 0.265 e. The van der Waals surface area contributed by atoms with E-state index in [0.29, 0.717) is 5.56 Å². The summed E-state index contributed by atoms with van der Waals surface area (Å²) in [6.45, 7) is 1.65. The molecule has 0 radical (unpaired) electrons. The van der Waals surface area contributed by atoms with E-state index in [0.717, 1.165) is 6.07 Å². The molecular weight excluding hydrogens is 255 g/mol. The number of aryl methyl sites for hydroxylation is 1. The van der Waals surface area contributed by atoms with Gasteiger partial charge in [-0.3, -0.25) is 0 Å². The number of rotatable bonds is 3. The minimum atomic E-state index is -2.71. The zero-order valence-corrected chi connectivity index (χ0v) is 10.2. The number of hydrogen-bond donors (Lipinski definition) is 1. The van der Waals surface area contributed by atoms with Crippen LogP contribution in [0.1, 0.15) is 17.6 Å². The minimum absolute atomic E-state index is 0.00613. The van der Waals surface area contributed by atoms with Gasteiger partial charge in [-0.05, 0) is 36.8 Å². The summed E-state index contributed by atoms with van der Waals surface area (Å²) in [5.41, 5.74) is 5.74. The first-order valence-electron chi connectivity index (χ1n) is 5.59. The number of nitrogen functional groups attached to an aromatic ring is 1. The van der Waals surface area contributed by atoms with Crippen molar-refractivity contribution in [2.45, 2.75) is 13.3 Å². The number of benzene rings is 2. The highest BCUT2D eigenvalue weighted by Crippen LogP contribution is 2.34. The Kier molecular flexibility index (Phi) is 3.64. The lowest BCUT2D eigenvalue weighted by molar-refractivity contribution is 0.152. The molecule has 0 aliphatic rings. The summed E-state index contributed by atoms with van der Waals surface area (Å²) >= 11 is 0. The first kappa shape index (κ1) is 13.3. The number of nitrogens with two attached hydrogens (primary N) is 1. The van der Waals surface area contributed by atoms with Crippen molar-refractivity contribution >= 4 is 5.69 Å². The molecule has 0 spiro atoms. The van der Waals surface area contributed by atoms with Gasteiger partial charge in [0.1, 0.15) is 5.75 Å². The number of alkyl halides is 2. The summed E-state index contributed by atoms with van der Waals surface area (Å²) in [5, 5.41) is 0. The molecule has 0 aromatic heterocycles. The zero-order valence-electron chi connectivity index (χ0n) is 10.2. The van der Waals surface area contributed by atoms with Crippen LogP contribution in [0.3, 0.4) is 0 Å². The molecule has 2 aromatic carbocycles. The van der Waals surface area contributed by atoms with Gasteiger partial charge in [0.05, 0.1) is 0 Å². The van der Waals surface area contributed by atoms with Gasteiger partial charge in [-0.2, -0.15) is 0 Å². The number of para-hydroxylation sites is 1. The molecular formula is C14H12F3NO. The molecule has 0 saturated carbocycles. The van der Waals surface area contributed by atoms with E-state index >= 15 is 0 Å². The Morgan fingerprint density at radius 3 is 2.42 bits per heavy atom. The molecule has 0 aliphatic heterocycles. The second-order valence-electron chi connectivity index (χ2n) is 4.08. The minimum Gasteiger partial charge on any atom is -0.454 e. The fraction of sp³-hybridized carbons (Fsp3) is 0.143. The maximum Gasteiger partial charge on any atom is 0.265 e. The molecule has 2 nitrogen and oxygen atoms in total. The third-order valence-corrected chi connectivity index (χ3v) is 2.67. The van der Waals surface area contributed by atoms with Gasteiger partial charge in [0.25, 0.3) is 6.43 Å². The second-order valence-corrected chi connectivity index (χ2v) is 4.08. The van der Waals surface area contributed by atoms with Gasteiger partial charge in [0, 0.05) is 11.3 Å². The highest BCUT2D eigenvalue weighted by molar-refractivity contribution is 5.55. The van der Waals surface area contributed by atoms with Crippen molar-refractivity contribution in [1.82, 2.24) is 0 Å².